The Morgan fingerprint density at radius 1 is 1.42 bits per heavy atom. The van der Waals surface area contributed by atoms with E-state index in [1.54, 1.807) is 29.2 Å². The van der Waals surface area contributed by atoms with Gasteiger partial charge in [-0.15, -0.1) is 0 Å². The molecule has 100 valence electrons. The predicted octanol–water partition coefficient (Wildman–Crippen LogP) is 0.798. The van der Waals surface area contributed by atoms with Crippen LogP contribution in [0.3, 0.4) is 0 Å². The molecular weight excluding hydrogens is 246 g/mol. The first-order chi connectivity index (χ1) is 8.99. The molecule has 0 saturated carbocycles. The summed E-state index contributed by atoms with van der Waals surface area (Å²) < 4.78 is 0. The van der Waals surface area contributed by atoms with Crippen LogP contribution in [0.2, 0.25) is 0 Å². The Bertz CT molecular complexity index is 524. The van der Waals surface area contributed by atoms with Crippen LogP contribution in [0.4, 0.5) is 5.69 Å². The maximum atomic E-state index is 12.1. The van der Waals surface area contributed by atoms with Gasteiger partial charge in [-0.1, -0.05) is 0 Å². The van der Waals surface area contributed by atoms with E-state index in [9.17, 15) is 9.59 Å². The van der Waals surface area contributed by atoms with Crippen molar-refractivity contribution in [2.45, 2.75) is 12.8 Å². The molecule has 1 fully saturated rings. The Hall–Kier alpha value is -2.37. The van der Waals surface area contributed by atoms with E-state index in [0.29, 0.717) is 24.2 Å². The van der Waals surface area contributed by atoms with Gasteiger partial charge in [0.25, 0.3) is 0 Å². The molecule has 0 aliphatic carbocycles. The number of nitrogens with one attached hydrogen (secondary N) is 1. The second-order valence-electron chi connectivity index (χ2n) is 4.53. The van der Waals surface area contributed by atoms with Gasteiger partial charge in [0.1, 0.15) is 5.84 Å². The molecule has 1 heterocycles. The summed E-state index contributed by atoms with van der Waals surface area (Å²) in [4.78, 5) is 24.3. The average Bonchev–Trinajstić information content (AvgIpc) is 2.70. The summed E-state index contributed by atoms with van der Waals surface area (Å²) in [6.45, 7) is 0.524. The Morgan fingerprint density at radius 2 is 2.05 bits per heavy atom. The fraction of sp³-hybridized carbons (Fsp3) is 0.308. The second-order valence-corrected chi connectivity index (χ2v) is 4.53. The number of nitrogen functional groups attached to an aromatic ring is 1. The van der Waals surface area contributed by atoms with Gasteiger partial charge in [-0.05, 0) is 30.7 Å². The fourth-order valence-electron chi connectivity index (χ4n) is 2.22. The van der Waals surface area contributed by atoms with Crippen LogP contribution in [0.5, 0.6) is 0 Å². The Morgan fingerprint density at radius 3 is 2.58 bits per heavy atom. The van der Waals surface area contributed by atoms with Crippen LogP contribution in [-0.2, 0) is 9.59 Å². The third kappa shape index (κ3) is 2.73. The molecule has 0 spiro atoms. The first-order valence-electron chi connectivity index (χ1n) is 5.96. The van der Waals surface area contributed by atoms with Gasteiger partial charge in [0.05, 0.1) is 12.3 Å². The van der Waals surface area contributed by atoms with Gasteiger partial charge in [0.2, 0.25) is 5.91 Å². The number of aliphatic carboxylic acids is 1. The molecule has 1 aromatic carbocycles. The molecular formula is C13H15N3O3. The molecule has 1 aliphatic rings. The highest BCUT2D eigenvalue weighted by Crippen LogP contribution is 2.27. The zero-order valence-electron chi connectivity index (χ0n) is 10.3. The van der Waals surface area contributed by atoms with Crippen molar-refractivity contribution in [3.63, 3.8) is 0 Å². The molecule has 1 aliphatic heterocycles. The van der Waals surface area contributed by atoms with Crippen LogP contribution in [0.1, 0.15) is 18.4 Å². The molecule has 1 atom stereocenters. The zero-order chi connectivity index (χ0) is 14.0. The number of carboxylic acid groups (broad SMARTS) is 1. The lowest BCUT2D eigenvalue weighted by Gasteiger charge is -2.16. The second kappa shape index (κ2) is 5.09. The molecule has 0 unspecified atom stereocenters. The fourth-order valence-corrected chi connectivity index (χ4v) is 2.22. The highest BCUT2D eigenvalue weighted by Gasteiger charge is 2.33. The smallest absolute Gasteiger partial charge is 0.304 e. The lowest BCUT2D eigenvalue weighted by atomic mass is 10.0. The minimum absolute atomic E-state index is 0.0250. The summed E-state index contributed by atoms with van der Waals surface area (Å²) in [7, 11) is 0. The number of carboxylic acids is 1. The van der Waals surface area contributed by atoms with E-state index < -0.39 is 11.9 Å². The summed E-state index contributed by atoms with van der Waals surface area (Å²) in [5.41, 5.74) is 6.66. The quantitative estimate of drug-likeness (QED) is 0.550. The van der Waals surface area contributed by atoms with Gasteiger partial charge >= 0.3 is 5.97 Å². The summed E-state index contributed by atoms with van der Waals surface area (Å²) in [6.07, 6.45) is 0.431. The summed E-state index contributed by atoms with van der Waals surface area (Å²) in [5, 5.41) is 16.0. The van der Waals surface area contributed by atoms with Crippen LogP contribution < -0.4 is 10.6 Å². The van der Waals surface area contributed by atoms with E-state index >= 15 is 0 Å². The average molecular weight is 261 g/mol. The van der Waals surface area contributed by atoms with Crippen LogP contribution in [0, 0.1) is 11.3 Å². The number of anilines is 1. The van der Waals surface area contributed by atoms with Crippen molar-refractivity contribution in [2.24, 2.45) is 11.7 Å². The maximum absolute atomic E-state index is 12.1. The molecule has 1 saturated heterocycles. The van der Waals surface area contributed by atoms with E-state index in [1.807, 2.05) is 0 Å². The van der Waals surface area contributed by atoms with Crippen LogP contribution in [0.15, 0.2) is 24.3 Å². The highest BCUT2D eigenvalue weighted by molar-refractivity contribution is 6.00. The number of nitrogens with zero attached hydrogens (tertiary/aromatic N) is 1. The molecule has 6 heteroatoms. The monoisotopic (exact) mass is 261 g/mol. The first kappa shape index (κ1) is 13.1. The SMILES string of the molecule is N=C(N)c1ccc(N2CC[C@@H](CC(=O)O)C2=O)cc1. The molecule has 19 heavy (non-hydrogen) atoms. The van der Waals surface area contributed by atoms with Gasteiger partial charge in [-0.2, -0.15) is 0 Å². The predicted molar refractivity (Wildman–Crippen MR) is 70.2 cm³/mol. The van der Waals surface area contributed by atoms with Crippen molar-refractivity contribution >= 4 is 23.4 Å². The van der Waals surface area contributed by atoms with E-state index in [2.05, 4.69) is 0 Å². The zero-order valence-corrected chi connectivity index (χ0v) is 10.3. The summed E-state index contributed by atoms with van der Waals surface area (Å²) >= 11 is 0. The number of amides is 1. The highest BCUT2D eigenvalue weighted by atomic mass is 16.4. The van der Waals surface area contributed by atoms with Gasteiger partial charge in [-0.3, -0.25) is 15.0 Å². The number of rotatable bonds is 4. The summed E-state index contributed by atoms with van der Waals surface area (Å²) in [6, 6.07) is 6.79. The van der Waals surface area contributed by atoms with Crippen molar-refractivity contribution in [1.29, 1.82) is 5.41 Å². The van der Waals surface area contributed by atoms with Crippen molar-refractivity contribution in [3.8, 4) is 0 Å². The van der Waals surface area contributed by atoms with E-state index in [-0.39, 0.29) is 18.2 Å². The number of hydrogen-bond donors (Lipinski definition) is 3. The summed E-state index contributed by atoms with van der Waals surface area (Å²) in [5.74, 6) is -1.57. The Balaban J connectivity index is 2.13. The molecule has 4 N–H and O–H groups in total. The lowest BCUT2D eigenvalue weighted by Crippen LogP contribution is -2.27. The molecule has 0 radical (unpaired) electrons. The van der Waals surface area contributed by atoms with E-state index in [0.717, 1.165) is 0 Å². The van der Waals surface area contributed by atoms with Gasteiger partial charge in [0, 0.05) is 17.8 Å². The molecule has 1 amide bonds. The van der Waals surface area contributed by atoms with E-state index in [4.69, 9.17) is 16.2 Å². The first-order valence-corrected chi connectivity index (χ1v) is 5.96. The minimum Gasteiger partial charge on any atom is -0.481 e. The lowest BCUT2D eigenvalue weighted by molar-refractivity contribution is -0.140. The molecule has 0 aromatic heterocycles. The molecule has 2 rings (SSSR count). The van der Waals surface area contributed by atoms with Crippen molar-refractivity contribution in [3.05, 3.63) is 29.8 Å². The minimum atomic E-state index is -0.952. The number of carbonyl (C=O) groups excluding carboxylic acids is 1. The Labute approximate surface area is 110 Å². The van der Waals surface area contributed by atoms with Gasteiger partial charge in [-0.25, -0.2) is 0 Å². The largest absolute Gasteiger partial charge is 0.481 e. The number of nitrogens with two attached hydrogens (primary N) is 1. The number of amidine groups is 1. The third-order valence-corrected chi connectivity index (χ3v) is 3.23. The topological polar surface area (TPSA) is 107 Å². The molecule has 1 aromatic rings. The normalized spacial score (nSPS) is 18.6. The van der Waals surface area contributed by atoms with Gasteiger partial charge < -0.3 is 15.7 Å². The van der Waals surface area contributed by atoms with E-state index in [1.165, 1.54) is 0 Å². The van der Waals surface area contributed by atoms with Crippen LogP contribution >= 0.6 is 0 Å². The number of hydrogen-bond acceptors (Lipinski definition) is 3. The van der Waals surface area contributed by atoms with Crippen LogP contribution in [0.25, 0.3) is 0 Å². The van der Waals surface area contributed by atoms with Crippen molar-refractivity contribution in [1.82, 2.24) is 0 Å². The van der Waals surface area contributed by atoms with Crippen molar-refractivity contribution in [2.75, 3.05) is 11.4 Å². The molecule has 0 bridgehead atoms. The van der Waals surface area contributed by atoms with Crippen LogP contribution in [-0.4, -0.2) is 29.4 Å². The van der Waals surface area contributed by atoms with Gasteiger partial charge in [0.15, 0.2) is 0 Å². The third-order valence-electron chi connectivity index (χ3n) is 3.23. The maximum Gasteiger partial charge on any atom is 0.304 e. The van der Waals surface area contributed by atoms with Crippen molar-refractivity contribution < 1.29 is 14.7 Å². The standard InChI is InChI=1S/C13H15N3O3/c14-12(15)8-1-3-10(4-2-8)16-6-5-9(13(16)19)7-11(17)18/h1-4,9H,5-7H2,(H3,14,15)(H,17,18)/t9-/m0/s1. The Kier molecular flexibility index (Phi) is 3.50. The number of benzene rings is 1. The molecule has 6 nitrogen and oxygen atoms in total. The number of carbonyl (C=O) groups is 2.